The van der Waals surface area contributed by atoms with Crippen molar-refractivity contribution >= 4 is 23.4 Å². The molecule has 1 atom stereocenters. The van der Waals surface area contributed by atoms with Crippen LogP contribution in [-0.4, -0.2) is 67.4 Å². The van der Waals surface area contributed by atoms with Gasteiger partial charge in [-0.25, -0.2) is 0 Å². The number of fused-ring (bicyclic) bond motifs is 1. The van der Waals surface area contributed by atoms with Gasteiger partial charge < -0.3 is 15.0 Å². The van der Waals surface area contributed by atoms with Crippen LogP contribution in [0.2, 0.25) is 0 Å². The van der Waals surface area contributed by atoms with Gasteiger partial charge in [0.2, 0.25) is 5.91 Å². The van der Waals surface area contributed by atoms with Gasteiger partial charge >= 0.3 is 0 Å². The first-order chi connectivity index (χ1) is 15.0. The molecule has 2 heterocycles. The zero-order valence-corrected chi connectivity index (χ0v) is 17.7. The van der Waals surface area contributed by atoms with Crippen LogP contribution < -0.4 is 15.4 Å². The molecule has 2 aromatic rings. The lowest BCUT2D eigenvalue weighted by atomic mass is 10.0. The van der Waals surface area contributed by atoms with Crippen LogP contribution in [-0.2, 0) is 4.79 Å². The molecule has 8 heteroatoms. The van der Waals surface area contributed by atoms with Crippen molar-refractivity contribution < 1.29 is 19.1 Å². The summed E-state index contributed by atoms with van der Waals surface area (Å²) in [4.78, 5) is 41.7. The average Bonchev–Trinajstić information content (AvgIpc) is 3.07. The smallest absolute Gasteiger partial charge is 0.259 e. The minimum atomic E-state index is -0.502. The normalized spacial score (nSPS) is 17.7. The Hall–Kier alpha value is -3.23. The number of ether oxygens (including phenoxy) is 1. The number of amides is 3. The molecule has 1 fully saturated rings. The molecule has 8 nitrogen and oxygen atoms in total. The number of imide groups is 1. The fourth-order valence-electron chi connectivity index (χ4n) is 4.13. The van der Waals surface area contributed by atoms with Crippen molar-refractivity contribution in [1.82, 2.24) is 15.1 Å². The van der Waals surface area contributed by atoms with E-state index in [4.69, 9.17) is 4.74 Å². The maximum absolute atomic E-state index is 13.4. The Balaban J connectivity index is 1.60. The van der Waals surface area contributed by atoms with Crippen LogP contribution in [0, 0.1) is 0 Å². The lowest BCUT2D eigenvalue weighted by Crippen LogP contribution is -2.49. The number of methoxy groups -OCH3 is 1. The van der Waals surface area contributed by atoms with E-state index in [2.05, 4.69) is 27.4 Å². The van der Waals surface area contributed by atoms with E-state index in [1.165, 1.54) is 0 Å². The maximum atomic E-state index is 13.4. The van der Waals surface area contributed by atoms with Crippen LogP contribution in [0.4, 0.5) is 5.69 Å². The number of carbonyl (C=O) groups is 3. The van der Waals surface area contributed by atoms with Crippen molar-refractivity contribution in [2.45, 2.75) is 13.0 Å². The molecule has 2 aliphatic heterocycles. The number of piperazine rings is 1. The summed E-state index contributed by atoms with van der Waals surface area (Å²) in [5.74, 6) is -0.366. The fourth-order valence-corrected chi connectivity index (χ4v) is 4.13. The quantitative estimate of drug-likeness (QED) is 0.691. The lowest BCUT2D eigenvalue weighted by molar-refractivity contribution is -0.122. The molecule has 2 aromatic carbocycles. The number of nitrogens with zero attached hydrogens (tertiary/aromatic N) is 2. The highest BCUT2D eigenvalue weighted by molar-refractivity contribution is 6.22. The number of nitrogens with one attached hydrogen (secondary N) is 2. The van der Waals surface area contributed by atoms with Gasteiger partial charge in [-0.15, -0.1) is 0 Å². The highest BCUT2D eigenvalue weighted by atomic mass is 16.5. The summed E-state index contributed by atoms with van der Waals surface area (Å²) in [7, 11) is 1.60. The second kappa shape index (κ2) is 8.87. The lowest BCUT2D eigenvalue weighted by Gasteiger charge is -2.38. The fraction of sp³-hybridized carbons (Fsp3) is 0.348. The molecular formula is C23H26N4O4. The van der Waals surface area contributed by atoms with Crippen LogP contribution in [0.1, 0.15) is 39.2 Å². The average molecular weight is 422 g/mol. The minimum absolute atomic E-state index is 0.192. The molecule has 162 valence electrons. The van der Waals surface area contributed by atoms with E-state index in [1.807, 2.05) is 24.3 Å². The summed E-state index contributed by atoms with van der Waals surface area (Å²) < 4.78 is 5.36. The second-order valence-electron chi connectivity index (χ2n) is 7.68. The first-order valence-corrected chi connectivity index (χ1v) is 10.4. The largest absolute Gasteiger partial charge is 0.497 e. The summed E-state index contributed by atoms with van der Waals surface area (Å²) in [5.41, 5.74) is 1.92. The second-order valence-corrected chi connectivity index (χ2v) is 7.68. The number of hydrogen-bond donors (Lipinski definition) is 2. The van der Waals surface area contributed by atoms with Gasteiger partial charge in [0, 0.05) is 31.9 Å². The van der Waals surface area contributed by atoms with Gasteiger partial charge in [-0.1, -0.05) is 19.1 Å². The number of likely N-dealkylation sites (N-methyl/N-ethyl adjacent to an activating group) is 1. The van der Waals surface area contributed by atoms with Gasteiger partial charge in [-0.3, -0.25) is 24.6 Å². The van der Waals surface area contributed by atoms with Gasteiger partial charge in [0.15, 0.2) is 0 Å². The van der Waals surface area contributed by atoms with Gasteiger partial charge in [-0.2, -0.15) is 0 Å². The first-order valence-electron chi connectivity index (χ1n) is 10.4. The van der Waals surface area contributed by atoms with Gasteiger partial charge in [0.25, 0.3) is 11.8 Å². The number of carbonyl (C=O) groups excluding carboxylic acids is 3. The van der Waals surface area contributed by atoms with Crippen LogP contribution in [0.5, 0.6) is 5.75 Å². The molecule has 0 spiro atoms. The van der Waals surface area contributed by atoms with Crippen molar-refractivity contribution in [2.75, 3.05) is 45.2 Å². The molecule has 3 amide bonds. The van der Waals surface area contributed by atoms with E-state index in [0.29, 0.717) is 17.0 Å². The summed E-state index contributed by atoms with van der Waals surface area (Å²) in [5, 5.41) is 5.21. The molecule has 0 aromatic heterocycles. The third-order valence-electron chi connectivity index (χ3n) is 5.88. The van der Waals surface area contributed by atoms with Crippen molar-refractivity contribution in [2.24, 2.45) is 0 Å². The number of benzene rings is 2. The SMILES string of the molecule is CCN1CCN(C(C(=O)Nc2ccc3c(c2)C(=O)NC3=O)c2cccc(OC)c2)CC1. The molecule has 0 radical (unpaired) electrons. The molecule has 31 heavy (non-hydrogen) atoms. The Morgan fingerprint density at radius 1 is 1.06 bits per heavy atom. The molecular weight excluding hydrogens is 396 g/mol. The number of anilines is 1. The highest BCUT2D eigenvalue weighted by Crippen LogP contribution is 2.28. The predicted octanol–water partition coefficient (Wildman–Crippen LogP) is 1.90. The Kier molecular flexibility index (Phi) is 6.01. The molecule has 0 aliphatic carbocycles. The van der Waals surface area contributed by atoms with Gasteiger partial charge in [0.05, 0.1) is 18.2 Å². The zero-order chi connectivity index (χ0) is 22.0. The van der Waals surface area contributed by atoms with E-state index in [1.54, 1.807) is 25.3 Å². The summed E-state index contributed by atoms with van der Waals surface area (Å²) in [6.45, 7) is 6.45. The third-order valence-corrected chi connectivity index (χ3v) is 5.88. The Bertz CT molecular complexity index is 1010. The molecule has 0 saturated carbocycles. The van der Waals surface area contributed by atoms with Gasteiger partial charge in [0.1, 0.15) is 11.8 Å². The predicted molar refractivity (Wildman–Crippen MR) is 116 cm³/mol. The Morgan fingerprint density at radius 2 is 1.81 bits per heavy atom. The Labute approximate surface area is 181 Å². The number of hydrogen-bond acceptors (Lipinski definition) is 6. The topological polar surface area (TPSA) is 91.0 Å². The van der Waals surface area contributed by atoms with E-state index in [-0.39, 0.29) is 11.5 Å². The van der Waals surface area contributed by atoms with Crippen LogP contribution >= 0.6 is 0 Å². The molecule has 4 rings (SSSR count). The van der Waals surface area contributed by atoms with Gasteiger partial charge in [-0.05, 0) is 42.4 Å². The molecule has 2 aliphatic rings. The van der Waals surface area contributed by atoms with Crippen LogP contribution in [0.3, 0.4) is 0 Å². The number of rotatable bonds is 6. The van der Waals surface area contributed by atoms with Crippen molar-refractivity contribution in [3.05, 3.63) is 59.2 Å². The molecule has 1 saturated heterocycles. The van der Waals surface area contributed by atoms with Crippen molar-refractivity contribution in [3.8, 4) is 5.75 Å². The third kappa shape index (κ3) is 4.30. The molecule has 0 bridgehead atoms. The standard InChI is InChI=1S/C23H26N4O4/c1-3-26-9-11-27(12-10-26)20(15-5-4-6-17(13-15)31-2)23(30)24-16-7-8-18-19(14-16)22(29)25-21(18)28/h4-8,13-14,20H,3,9-12H2,1-2H3,(H,24,30)(H,25,28,29). The monoisotopic (exact) mass is 422 g/mol. The zero-order valence-electron chi connectivity index (χ0n) is 17.7. The summed E-state index contributed by atoms with van der Waals surface area (Å²) in [6.07, 6.45) is 0. The summed E-state index contributed by atoms with van der Waals surface area (Å²) in [6, 6.07) is 11.8. The van der Waals surface area contributed by atoms with Crippen LogP contribution in [0.15, 0.2) is 42.5 Å². The van der Waals surface area contributed by atoms with E-state index >= 15 is 0 Å². The highest BCUT2D eigenvalue weighted by Gasteiger charge is 2.32. The molecule has 2 N–H and O–H groups in total. The first kappa shape index (κ1) is 21.0. The molecule has 1 unspecified atom stereocenters. The van der Waals surface area contributed by atoms with Crippen molar-refractivity contribution in [3.63, 3.8) is 0 Å². The van der Waals surface area contributed by atoms with E-state index in [0.717, 1.165) is 38.3 Å². The minimum Gasteiger partial charge on any atom is -0.497 e. The Morgan fingerprint density at radius 3 is 2.52 bits per heavy atom. The van der Waals surface area contributed by atoms with E-state index < -0.39 is 17.9 Å². The van der Waals surface area contributed by atoms with Crippen LogP contribution in [0.25, 0.3) is 0 Å². The van der Waals surface area contributed by atoms with Crippen molar-refractivity contribution in [1.29, 1.82) is 0 Å². The van der Waals surface area contributed by atoms with E-state index in [9.17, 15) is 14.4 Å². The maximum Gasteiger partial charge on any atom is 0.259 e. The summed E-state index contributed by atoms with van der Waals surface area (Å²) >= 11 is 0.